The van der Waals surface area contributed by atoms with E-state index in [9.17, 15) is 20.4 Å². The van der Waals surface area contributed by atoms with Gasteiger partial charge in [0.15, 0.2) is 0 Å². The topological polar surface area (TPSA) is 93.0 Å². The van der Waals surface area contributed by atoms with Crippen LogP contribution < -0.4 is 5.32 Å². The monoisotopic (exact) mass is 479 g/mol. The van der Waals surface area contributed by atoms with Gasteiger partial charge >= 0.3 is 0 Å². The van der Waals surface area contributed by atoms with Gasteiger partial charge in [0.05, 0.1) is 0 Å². The van der Waals surface area contributed by atoms with Crippen LogP contribution in [0.5, 0.6) is 23.0 Å². The molecule has 5 N–H and O–H groups in total. The molecule has 5 aromatic rings. The summed E-state index contributed by atoms with van der Waals surface area (Å²) in [5.41, 5.74) is 0.623. The molecule has 0 aliphatic heterocycles. The molecule has 182 valence electrons. The lowest BCUT2D eigenvalue weighted by atomic mass is 9.72. The highest BCUT2D eigenvalue weighted by molar-refractivity contribution is 5.96. The zero-order chi connectivity index (χ0) is 25.3. The van der Waals surface area contributed by atoms with Crippen molar-refractivity contribution in [3.05, 3.63) is 108 Å². The molecule has 0 heterocycles. The first-order chi connectivity index (χ1) is 17.5. The second kappa shape index (κ2) is 9.44. The second-order valence-electron chi connectivity index (χ2n) is 9.13. The summed E-state index contributed by atoms with van der Waals surface area (Å²) in [6, 6.07) is 26.7. The van der Waals surface area contributed by atoms with E-state index in [1.54, 1.807) is 36.4 Å². The molecule has 36 heavy (non-hydrogen) atoms. The number of rotatable bonds is 7. The number of phenols is 4. The van der Waals surface area contributed by atoms with E-state index in [2.05, 4.69) is 12.2 Å². The molecule has 0 saturated carbocycles. The van der Waals surface area contributed by atoms with Crippen molar-refractivity contribution in [3.8, 4) is 23.0 Å². The number of phenolic OH excluding ortho intramolecular Hbond substituents is 4. The van der Waals surface area contributed by atoms with Gasteiger partial charge in [-0.05, 0) is 76.5 Å². The lowest BCUT2D eigenvalue weighted by Gasteiger charge is -2.39. The van der Waals surface area contributed by atoms with Crippen LogP contribution in [-0.2, 0) is 5.54 Å². The third-order valence-corrected chi connectivity index (χ3v) is 6.84. The quantitative estimate of drug-likeness (QED) is 0.136. The van der Waals surface area contributed by atoms with Crippen molar-refractivity contribution < 1.29 is 20.4 Å². The van der Waals surface area contributed by atoms with Gasteiger partial charge in [-0.25, -0.2) is 0 Å². The largest absolute Gasteiger partial charge is 0.508 e. The Kier molecular flexibility index (Phi) is 6.17. The van der Waals surface area contributed by atoms with Gasteiger partial charge in [-0.15, -0.1) is 0 Å². The van der Waals surface area contributed by atoms with Gasteiger partial charge in [0.25, 0.3) is 0 Å². The van der Waals surface area contributed by atoms with Gasteiger partial charge in [-0.1, -0.05) is 67.9 Å². The number of benzene rings is 5. The van der Waals surface area contributed by atoms with Crippen molar-refractivity contribution in [3.63, 3.8) is 0 Å². The fraction of sp³-hybridized carbons (Fsp3) is 0.161. The molecule has 5 aromatic carbocycles. The van der Waals surface area contributed by atoms with Crippen LogP contribution in [0.1, 0.15) is 36.5 Å². The van der Waals surface area contributed by atoms with Crippen molar-refractivity contribution in [2.75, 3.05) is 6.54 Å². The maximum atomic E-state index is 11.5. The first kappa shape index (κ1) is 23.5. The molecule has 0 radical (unpaired) electrons. The van der Waals surface area contributed by atoms with Crippen molar-refractivity contribution in [1.82, 2.24) is 5.32 Å². The lowest BCUT2D eigenvalue weighted by Crippen LogP contribution is -2.45. The summed E-state index contributed by atoms with van der Waals surface area (Å²) in [6.07, 6.45) is 1.81. The van der Waals surface area contributed by atoms with E-state index in [0.717, 1.165) is 29.2 Å². The maximum absolute atomic E-state index is 11.5. The summed E-state index contributed by atoms with van der Waals surface area (Å²) in [7, 11) is 0. The third kappa shape index (κ3) is 3.88. The Morgan fingerprint density at radius 3 is 1.64 bits per heavy atom. The summed E-state index contributed by atoms with van der Waals surface area (Å²) in [4.78, 5) is 0. The SMILES string of the molecule is CCCCNC(c1ccccc1)(c1c(O)ccc2ccc(O)cc12)c1c(O)ccc2ccc(O)cc12. The van der Waals surface area contributed by atoms with E-state index in [1.165, 1.54) is 0 Å². The van der Waals surface area contributed by atoms with E-state index >= 15 is 0 Å². The van der Waals surface area contributed by atoms with Gasteiger partial charge in [0.2, 0.25) is 0 Å². The smallest absolute Gasteiger partial charge is 0.121 e. The minimum Gasteiger partial charge on any atom is -0.508 e. The summed E-state index contributed by atoms with van der Waals surface area (Å²) < 4.78 is 0. The van der Waals surface area contributed by atoms with Crippen molar-refractivity contribution in [2.45, 2.75) is 25.3 Å². The Bertz CT molecular complexity index is 1440. The van der Waals surface area contributed by atoms with E-state index in [0.29, 0.717) is 28.4 Å². The molecular formula is C31H29NO4. The first-order valence-corrected chi connectivity index (χ1v) is 12.2. The van der Waals surface area contributed by atoms with Crippen LogP contribution in [0.4, 0.5) is 0 Å². The average molecular weight is 480 g/mol. The first-order valence-electron chi connectivity index (χ1n) is 12.2. The third-order valence-electron chi connectivity index (χ3n) is 6.84. The van der Waals surface area contributed by atoms with Gasteiger partial charge in [0.1, 0.15) is 28.5 Å². The molecule has 0 saturated heterocycles. The van der Waals surface area contributed by atoms with Crippen LogP contribution in [-0.4, -0.2) is 27.0 Å². The highest BCUT2D eigenvalue weighted by Crippen LogP contribution is 2.50. The molecule has 0 bridgehead atoms. The van der Waals surface area contributed by atoms with Crippen LogP contribution in [0.2, 0.25) is 0 Å². The Balaban J connectivity index is 2.01. The molecule has 0 aromatic heterocycles. The number of hydrogen-bond acceptors (Lipinski definition) is 5. The molecule has 0 aliphatic rings. The van der Waals surface area contributed by atoms with Gasteiger partial charge < -0.3 is 20.4 Å². The van der Waals surface area contributed by atoms with Crippen molar-refractivity contribution >= 4 is 21.5 Å². The van der Waals surface area contributed by atoms with Crippen molar-refractivity contribution in [1.29, 1.82) is 0 Å². The second-order valence-corrected chi connectivity index (χ2v) is 9.13. The number of unbranched alkanes of at least 4 members (excludes halogenated alkanes) is 1. The van der Waals surface area contributed by atoms with Crippen LogP contribution >= 0.6 is 0 Å². The van der Waals surface area contributed by atoms with Crippen LogP contribution in [0.15, 0.2) is 91.0 Å². The van der Waals surface area contributed by atoms with Crippen LogP contribution in [0.25, 0.3) is 21.5 Å². The molecule has 5 nitrogen and oxygen atoms in total. The standard InChI is InChI=1S/C31H29NO4/c1-2-3-17-32-31(22-7-5-4-6-8-22,29-25-18-23(33)13-9-20(25)11-15-27(29)35)30-26-19-24(34)14-10-21(26)12-16-28(30)36/h4-16,18-19,32-36H,2-3,17H2,1H3. The Morgan fingerprint density at radius 1 is 0.639 bits per heavy atom. The number of aromatic hydroxyl groups is 4. The molecule has 5 rings (SSSR count). The number of fused-ring (bicyclic) bond motifs is 2. The summed E-state index contributed by atoms with van der Waals surface area (Å²) >= 11 is 0. The normalized spacial score (nSPS) is 11.8. The van der Waals surface area contributed by atoms with Gasteiger partial charge in [-0.3, -0.25) is 5.32 Å². The molecule has 0 fully saturated rings. The fourth-order valence-corrected chi connectivity index (χ4v) is 5.21. The van der Waals surface area contributed by atoms with E-state index in [1.807, 2.05) is 54.6 Å². The molecule has 0 unspecified atom stereocenters. The Labute approximate surface area is 209 Å². The molecular weight excluding hydrogens is 450 g/mol. The molecule has 0 spiro atoms. The minimum atomic E-state index is -1.22. The van der Waals surface area contributed by atoms with E-state index in [-0.39, 0.29) is 23.0 Å². The van der Waals surface area contributed by atoms with Crippen LogP contribution in [0.3, 0.4) is 0 Å². The summed E-state index contributed by atoms with van der Waals surface area (Å²) in [5.74, 6) is 0.198. The Hall–Kier alpha value is -4.22. The lowest BCUT2D eigenvalue weighted by molar-refractivity contribution is 0.402. The maximum Gasteiger partial charge on any atom is 0.121 e. The predicted octanol–water partition coefficient (Wildman–Crippen LogP) is 6.50. The molecule has 0 aliphatic carbocycles. The highest BCUT2D eigenvalue weighted by atomic mass is 16.3. The van der Waals surface area contributed by atoms with E-state index < -0.39 is 5.54 Å². The summed E-state index contributed by atoms with van der Waals surface area (Å²) in [6.45, 7) is 2.70. The van der Waals surface area contributed by atoms with Gasteiger partial charge in [0, 0.05) is 11.1 Å². The fourth-order valence-electron chi connectivity index (χ4n) is 5.21. The van der Waals surface area contributed by atoms with Crippen LogP contribution in [0, 0.1) is 0 Å². The Morgan fingerprint density at radius 2 is 1.14 bits per heavy atom. The van der Waals surface area contributed by atoms with E-state index in [4.69, 9.17) is 0 Å². The zero-order valence-corrected chi connectivity index (χ0v) is 20.1. The predicted molar refractivity (Wildman–Crippen MR) is 144 cm³/mol. The zero-order valence-electron chi connectivity index (χ0n) is 20.1. The number of hydrogen-bond donors (Lipinski definition) is 5. The highest BCUT2D eigenvalue weighted by Gasteiger charge is 2.42. The van der Waals surface area contributed by atoms with Gasteiger partial charge in [-0.2, -0.15) is 0 Å². The minimum absolute atomic E-state index is 0.0255. The summed E-state index contributed by atoms with van der Waals surface area (Å²) in [5, 5.41) is 50.5. The molecule has 0 amide bonds. The average Bonchev–Trinajstić information content (AvgIpc) is 2.88. The van der Waals surface area contributed by atoms with Crippen molar-refractivity contribution in [2.24, 2.45) is 0 Å². The number of nitrogens with one attached hydrogen (secondary N) is 1. The molecule has 0 atom stereocenters. The molecule has 5 heteroatoms.